The highest BCUT2D eigenvalue weighted by atomic mass is 16.5. The first-order valence-electron chi connectivity index (χ1n) is 5.70. The van der Waals surface area contributed by atoms with Gasteiger partial charge in [0, 0.05) is 18.9 Å². The molecule has 0 aliphatic carbocycles. The zero-order chi connectivity index (χ0) is 12.1. The molecule has 1 aromatic heterocycles. The summed E-state index contributed by atoms with van der Waals surface area (Å²) >= 11 is 0. The molecule has 0 spiro atoms. The van der Waals surface area contributed by atoms with E-state index in [0.717, 1.165) is 23.3 Å². The van der Waals surface area contributed by atoms with Crippen LogP contribution in [-0.4, -0.2) is 11.4 Å². The lowest BCUT2D eigenvalue weighted by molar-refractivity contribution is -0.108. The van der Waals surface area contributed by atoms with Crippen LogP contribution in [0.5, 0.6) is 0 Å². The first kappa shape index (κ1) is 11.6. The molecular weight excluding hydrogens is 214 g/mol. The maximum Gasteiger partial charge on any atom is 0.137 e. The van der Waals surface area contributed by atoms with Gasteiger partial charge in [0.2, 0.25) is 0 Å². The van der Waals surface area contributed by atoms with Gasteiger partial charge in [-0.2, -0.15) is 0 Å². The molecule has 0 aliphatic rings. The molecule has 0 amide bonds. The second kappa shape index (κ2) is 5.43. The SMILES string of the molecule is Cc1cc(CC(CC=O)c2ccccc2)on1. The molecule has 3 nitrogen and oxygen atoms in total. The van der Waals surface area contributed by atoms with E-state index in [1.165, 1.54) is 0 Å². The standard InChI is InChI=1S/C14H15NO2/c1-11-9-14(17-15-11)10-13(7-8-16)12-5-3-2-4-6-12/h2-6,8-9,13H,7,10H2,1H3. The lowest BCUT2D eigenvalue weighted by Crippen LogP contribution is -2.03. The number of nitrogens with zero attached hydrogens (tertiary/aromatic N) is 1. The molecule has 17 heavy (non-hydrogen) atoms. The maximum atomic E-state index is 10.7. The van der Waals surface area contributed by atoms with E-state index < -0.39 is 0 Å². The molecule has 1 unspecified atom stereocenters. The lowest BCUT2D eigenvalue weighted by atomic mass is 9.92. The maximum absolute atomic E-state index is 10.7. The molecule has 0 saturated heterocycles. The molecule has 0 N–H and O–H groups in total. The van der Waals surface area contributed by atoms with Gasteiger partial charge >= 0.3 is 0 Å². The largest absolute Gasteiger partial charge is 0.361 e. The molecule has 0 bridgehead atoms. The fourth-order valence-corrected chi connectivity index (χ4v) is 1.93. The van der Waals surface area contributed by atoms with E-state index in [9.17, 15) is 4.79 Å². The molecule has 1 atom stereocenters. The molecule has 0 saturated carbocycles. The van der Waals surface area contributed by atoms with E-state index in [2.05, 4.69) is 5.16 Å². The van der Waals surface area contributed by atoms with Crippen LogP contribution in [0.4, 0.5) is 0 Å². The van der Waals surface area contributed by atoms with E-state index in [-0.39, 0.29) is 5.92 Å². The van der Waals surface area contributed by atoms with Crippen LogP contribution < -0.4 is 0 Å². The topological polar surface area (TPSA) is 43.1 Å². The summed E-state index contributed by atoms with van der Waals surface area (Å²) in [5.74, 6) is 0.999. The average molecular weight is 229 g/mol. The number of benzene rings is 1. The van der Waals surface area contributed by atoms with Gasteiger partial charge in [-0.15, -0.1) is 0 Å². The van der Waals surface area contributed by atoms with Crippen molar-refractivity contribution in [2.75, 3.05) is 0 Å². The van der Waals surface area contributed by atoms with Crippen LogP contribution in [-0.2, 0) is 11.2 Å². The number of aryl methyl sites for hydroxylation is 1. The van der Waals surface area contributed by atoms with Gasteiger partial charge in [0.1, 0.15) is 12.0 Å². The molecule has 1 heterocycles. The zero-order valence-electron chi connectivity index (χ0n) is 9.80. The van der Waals surface area contributed by atoms with Crippen LogP contribution in [0.3, 0.4) is 0 Å². The number of carbonyl (C=O) groups is 1. The summed E-state index contributed by atoms with van der Waals surface area (Å²) in [5.41, 5.74) is 2.03. The molecule has 3 heteroatoms. The van der Waals surface area contributed by atoms with Crippen molar-refractivity contribution in [3.8, 4) is 0 Å². The third-order valence-electron chi connectivity index (χ3n) is 2.78. The summed E-state index contributed by atoms with van der Waals surface area (Å²) < 4.78 is 5.20. The van der Waals surface area contributed by atoms with Crippen molar-refractivity contribution in [2.24, 2.45) is 0 Å². The number of aldehydes is 1. The second-order valence-corrected chi connectivity index (χ2v) is 4.15. The first-order valence-corrected chi connectivity index (χ1v) is 5.70. The molecule has 0 radical (unpaired) electrons. The third kappa shape index (κ3) is 3.03. The molecule has 0 fully saturated rings. The highest BCUT2D eigenvalue weighted by molar-refractivity contribution is 5.51. The number of hydrogen-bond acceptors (Lipinski definition) is 3. The second-order valence-electron chi connectivity index (χ2n) is 4.15. The van der Waals surface area contributed by atoms with Crippen molar-refractivity contribution in [2.45, 2.75) is 25.7 Å². The van der Waals surface area contributed by atoms with Crippen molar-refractivity contribution in [1.82, 2.24) is 5.16 Å². The number of aromatic nitrogens is 1. The van der Waals surface area contributed by atoms with Gasteiger partial charge in [0.15, 0.2) is 0 Å². The highest BCUT2D eigenvalue weighted by Crippen LogP contribution is 2.23. The fourth-order valence-electron chi connectivity index (χ4n) is 1.93. The van der Waals surface area contributed by atoms with Gasteiger partial charge in [0.25, 0.3) is 0 Å². The Morgan fingerprint density at radius 2 is 2.12 bits per heavy atom. The summed E-state index contributed by atoms with van der Waals surface area (Å²) in [5, 5.41) is 3.86. The van der Waals surface area contributed by atoms with E-state index >= 15 is 0 Å². The molecule has 88 valence electrons. The Labute approximate surface area is 100 Å². The Hall–Kier alpha value is -1.90. The molecule has 1 aromatic carbocycles. The predicted molar refractivity (Wildman–Crippen MR) is 64.8 cm³/mol. The summed E-state index contributed by atoms with van der Waals surface area (Å²) in [6.07, 6.45) is 2.17. The minimum absolute atomic E-state index is 0.168. The number of rotatable bonds is 5. The summed E-state index contributed by atoms with van der Waals surface area (Å²) in [6.45, 7) is 1.89. The molecular formula is C14H15NO2. The van der Waals surface area contributed by atoms with Gasteiger partial charge in [-0.1, -0.05) is 35.5 Å². The summed E-state index contributed by atoms with van der Waals surface area (Å²) in [4.78, 5) is 10.7. The smallest absolute Gasteiger partial charge is 0.137 e. The Morgan fingerprint density at radius 3 is 2.71 bits per heavy atom. The summed E-state index contributed by atoms with van der Waals surface area (Å²) in [7, 11) is 0. The van der Waals surface area contributed by atoms with Gasteiger partial charge < -0.3 is 9.32 Å². The van der Waals surface area contributed by atoms with Crippen LogP contribution in [0.1, 0.15) is 29.4 Å². The van der Waals surface area contributed by atoms with Crippen molar-refractivity contribution < 1.29 is 9.32 Å². The van der Waals surface area contributed by atoms with Crippen molar-refractivity contribution in [3.05, 3.63) is 53.4 Å². The van der Waals surface area contributed by atoms with Gasteiger partial charge in [-0.05, 0) is 18.4 Å². The minimum atomic E-state index is 0.168. The third-order valence-corrected chi connectivity index (χ3v) is 2.78. The minimum Gasteiger partial charge on any atom is -0.361 e. The normalized spacial score (nSPS) is 12.3. The van der Waals surface area contributed by atoms with Crippen LogP contribution in [0, 0.1) is 6.92 Å². The number of carbonyl (C=O) groups excluding carboxylic acids is 1. The molecule has 2 aromatic rings. The van der Waals surface area contributed by atoms with E-state index in [4.69, 9.17) is 4.52 Å². The highest BCUT2D eigenvalue weighted by Gasteiger charge is 2.14. The average Bonchev–Trinajstić information content (AvgIpc) is 2.75. The van der Waals surface area contributed by atoms with Crippen molar-refractivity contribution >= 4 is 6.29 Å². The van der Waals surface area contributed by atoms with Crippen LogP contribution in [0.15, 0.2) is 40.9 Å². The predicted octanol–water partition coefficient (Wildman–Crippen LogP) is 2.90. The Morgan fingerprint density at radius 1 is 1.35 bits per heavy atom. The van der Waals surface area contributed by atoms with Crippen LogP contribution in [0.25, 0.3) is 0 Å². The first-order chi connectivity index (χ1) is 8.29. The Balaban J connectivity index is 2.15. The van der Waals surface area contributed by atoms with Crippen molar-refractivity contribution in [3.63, 3.8) is 0 Å². The van der Waals surface area contributed by atoms with Crippen LogP contribution in [0.2, 0.25) is 0 Å². The van der Waals surface area contributed by atoms with Crippen LogP contribution >= 0.6 is 0 Å². The molecule has 0 aliphatic heterocycles. The van der Waals surface area contributed by atoms with Gasteiger partial charge in [-0.25, -0.2) is 0 Å². The van der Waals surface area contributed by atoms with Gasteiger partial charge in [-0.3, -0.25) is 0 Å². The van der Waals surface area contributed by atoms with E-state index in [0.29, 0.717) is 12.8 Å². The van der Waals surface area contributed by atoms with Crippen molar-refractivity contribution in [1.29, 1.82) is 0 Å². The zero-order valence-corrected chi connectivity index (χ0v) is 9.80. The van der Waals surface area contributed by atoms with E-state index in [1.54, 1.807) is 0 Å². The fraction of sp³-hybridized carbons (Fsp3) is 0.286. The summed E-state index contributed by atoms with van der Waals surface area (Å²) in [6, 6.07) is 11.9. The lowest BCUT2D eigenvalue weighted by Gasteiger charge is -2.12. The Kier molecular flexibility index (Phi) is 3.70. The number of hydrogen-bond donors (Lipinski definition) is 0. The Bertz CT molecular complexity index is 476. The molecule has 2 rings (SSSR count). The monoisotopic (exact) mass is 229 g/mol. The quantitative estimate of drug-likeness (QED) is 0.740. The van der Waals surface area contributed by atoms with Gasteiger partial charge in [0.05, 0.1) is 5.69 Å². The van der Waals surface area contributed by atoms with E-state index in [1.807, 2.05) is 43.3 Å².